The molecule has 2 aromatic carbocycles. The predicted molar refractivity (Wildman–Crippen MR) is 128 cm³/mol. The van der Waals surface area contributed by atoms with E-state index in [1.165, 1.54) is 11.8 Å². The molecule has 35 heavy (non-hydrogen) atoms. The molecule has 0 atom stereocenters. The van der Waals surface area contributed by atoms with Gasteiger partial charge in [0.15, 0.2) is 0 Å². The molecular formula is C26H31F3N4O2. The van der Waals surface area contributed by atoms with Crippen molar-refractivity contribution in [3.63, 3.8) is 0 Å². The Morgan fingerprint density at radius 1 is 0.971 bits per heavy atom. The molecule has 1 N–H and O–H groups in total. The number of rotatable bonds is 8. The standard InChI is InChI=1S/C26H31F3N4O2/c27-26(28,29)22-6-4-5-21(19-22)20-35-30-23-9-13-33(14-10-23)25(34)11-12-31-15-17-32(18-16-31)24-7-2-1-3-8-24/h1-9,19,30H,10-18,20H2. The Balaban J connectivity index is 1.14. The lowest BCUT2D eigenvalue weighted by Gasteiger charge is -2.36. The maximum Gasteiger partial charge on any atom is 0.416 e. The average Bonchev–Trinajstić information content (AvgIpc) is 2.88. The number of para-hydroxylation sites is 1. The molecule has 1 fully saturated rings. The first-order valence-corrected chi connectivity index (χ1v) is 11.9. The zero-order valence-corrected chi connectivity index (χ0v) is 19.6. The average molecular weight is 489 g/mol. The fraction of sp³-hybridized carbons (Fsp3) is 0.423. The minimum absolute atomic E-state index is 0.0153. The van der Waals surface area contributed by atoms with Crippen molar-refractivity contribution in [3.05, 3.63) is 77.5 Å². The largest absolute Gasteiger partial charge is 0.416 e. The van der Waals surface area contributed by atoms with Crippen molar-refractivity contribution in [1.29, 1.82) is 0 Å². The van der Waals surface area contributed by atoms with Crippen LogP contribution >= 0.6 is 0 Å². The number of hydrogen-bond acceptors (Lipinski definition) is 5. The topological polar surface area (TPSA) is 48.1 Å². The number of benzene rings is 2. The third-order valence-electron chi connectivity index (χ3n) is 6.39. The quantitative estimate of drug-likeness (QED) is 0.568. The summed E-state index contributed by atoms with van der Waals surface area (Å²) in [6.45, 7) is 5.66. The summed E-state index contributed by atoms with van der Waals surface area (Å²) in [4.78, 5) is 24.6. The van der Waals surface area contributed by atoms with Crippen molar-refractivity contribution in [2.75, 3.05) is 50.7 Å². The minimum Gasteiger partial charge on any atom is -0.369 e. The monoisotopic (exact) mass is 488 g/mol. The van der Waals surface area contributed by atoms with Gasteiger partial charge in [-0.15, -0.1) is 0 Å². The second-order valence-electron chi connectivity index (χ2n) is 8.82. The van der Waals surface area contributed by atoms with Gasteiger partial charge >= 0.3 is 6.18 Å². The number of anilines is 1. The van der Waals surface area contributed by atoms with Crippen LogP contribution in [0, 0.1) is 0 Å². The highest BCUT2D eigenvalue weighted by Gasteiger charge is 2.30. The summed E-state index contributed by atoms with van der Waals surface area (Å²) < 4.78 is 38.5. The maximum absolute atomic E-state index is 12.8. The second-order valence-corrected chi connectivity index (χ2v) is 8.82. The van der Waals surface area contributed by atoms with Gasteiger partial charge in [0.25, 0.3) is 0 Å². The lowest BCUT2D eigenvalue weighted by atomic mass is 10.1. The van der Waals surface area contributed by atoms with E-state index in [0.29, 0.717) is 31.5 Å². The molecule has 188 valence electrons. The van der Waals surface area contributed by atoms with E-state index in [9.17, 15) is 18.0 Å². The Labute approximate surface area is 203 Å². The number of nitrogens with zero attached hydrogens (tertiary/aromatic N) is 3. The highest BCUT2D eigenvalue weighted by Crippen LogP contribution is 2.29. The predicted octanol–water partition coefficient (Wildman–Crippen LogP) is 4.06. The van der Waals surface area contributed by atoms with Crippen molar-refractivity contribution in [3.8, 4) is 0 Å². The normalized spacial score (nSPS) is 17.3. The van der Waals surface area contributed by atoms with Crippen LogP contribution in [0.1, 0.15) is 24.0 Å². The number of alkyl halides is 3. The van der Waals surface area contributed by atoms with E-state index in [-0.39, 0.29) is 12.5 Å². The number of carbonyl (C=O) groups excluding carboxylic acids is 1. The summed E-state index contributed by atoms with van der Waals surface area (Å²) in [7, 11) is 0. The molecule has 0 saturated carbocycles. The molecule has 1 saturated heterocycles. The molecule has 4 rings (SSSR count). The van der Waals surface area contributed by atoms with E-state index in [1.54, 1.807) is 6.07 Å². The van der Waals surface area contributed by atoms with Crippen LogP contribution < -0.4 is 10.4 Å². The molecule has 6 nitrogen and oxygen atoms in total. The third kappa shape index (κ3) is 7.22. The van der Waals surface area contributed by atoms with Crippen molar-refractivity contribution < 1.29 is 22.8 Å². The van der Waals surface area contributed by atoms with Gasteiger partial charge in [-0.3, -0.25) is 20.0 Å². The van der Waals surface area contributed by atoms with E-state index in [1.807, 2.05) is 17.0 Å². The van der Waals surface area contributed by atoms with Gasteiger partial charge in [0, 0.05) is 70.0 Å². The van der Waals surface area contributed by atoms with Crippen LogP contribution in [0.25, 0.3) is 0 Å². The highest BCUT2D eigenvalue weighted by atomic mass is 19.4. The molecule has 0 unspecified atom stereocenters. The van der Waals surface area contributed by atoms with Crippen molar-refractivity contribution in [2.45, 2.75) is 25.6 Å². The van der Waals surface area contributed by atoms with Crippen molar-refractivity contribution in [1.82, 2.24) is 15.3 Å². The van der Waals surface area contributed by atoms with E-state index in [2.05, 4.69) is 39.5 Å². The van der Waals surface area contributed by atoms with Gasteiger partial charge in [-0.25, -0.2) is 0 Å². The van der Waals surface area contributed by atoms with Gasteiger partial charge in [-0.1, -0.05) is 30.3 Å². The van der Waals surface area contributed by atoms with Crippen LogP contribution in [-0.4, -0.2) is 61.5 Å². The van der Waals surface area contributed by atoms with E-state index < -0.39 is 11.7 Å². The van der Waals surface area contributed by atoms with E-state index >= 15 is 0 Å². The van der Waals surface area contributed by atoms with Crippen LogP contribution in [0.3, 0.4) is 0 Å². The van der Waals surface area contributed by atoms with Gasteiger partial charge in [0.05, 0.1) is 12.2 Å². The second kappa shape index (κ2) is 11.6. The van der Waals surface area contributed by atoms with Crippen molar-refractivity contribution >= 4 is 11.6 Å². The fourth-order valence-electron chi connectivity index (χ4n) is 4.32. The summed E-state index contributed by atoms with van der Waals surface area (Å²) in [5, 5.41) is 0. The number of halogens is 3. The first-order valence-electron chi connectivity index (χ1n) is 11.9. The lowest BCUT2D eigenvalue weighted by Crippen LogP contribution is -2.47. The van der Waals surface area contributed by atoms with Crippen LogP contribution in [0.4, 0.5) is 18.9 Å². The summed E-state index contributed by atoms with van der Waals surface area (Å²) in [6, 6.07) is 15.5. The molecular weight excluding hydrogens is 457 g/mol. The Bertz CT molecular complexity index is 1010. The number of hydrogen-bond donors (Lipinski definition) is 1. The highest BCUT2D eigenvalue weighted by molar-refractivity contribution is 5.76. The summed E-state index contributed by atoms with van der Waals surface area (Å²) in [5.41, 5.74) is 4.64. The first-order chi connectivity index (χ1) is 16.9. The first kappa shape index (κ1) is 25.1. The van der Waals surface area contributed by atoms with Gasteiger partial charge in [0.1, 0.15) is 0 Å². The molecule has 0 spiro atoms. The molecule has 1 amide bonds. The zero-order chi connectivity index (χ0) is 24.7. The molecule has 2 heterocycles. The summed E-state index contributed by atoms with van der Waals surface area (Å²) in [6.07, 6.45) is -1.37. The molecule has 0 radical (unpaired) electrons. The molecule has 2 aliphatic rings. The van der Waals surface area contributed by atoms with E-state index in [4.69, 9.17) is 4.84 Å². The Morgan fingerprint density at radius 3 is 2.43 bits per heavy atom. The molecule has 0 aromatic heterocycles. The lowest BCUT2D eigenvalue weighted by molar-refractivity contribution is -0.137. The molecule has 2 aliphatic heterocycles. The molecule has 0 aliphatic carbocycles. The minimum atomic E-state index is -4.37. The van der Waals surface area contributed by atoms with Gasteiger partial charge in [-0.2, -0.15) is 13.2 Å². The molecule has 9 heteroatoms. The number of nitrogens with one attached hydrogen (secondary N) is 1. The number of hydroxylamine groups is 1. The molecule has 2 aromatic rings. The SMILES string of the molecule is O=C(CCN1CCN(c2ccccc2)CC1)N1CC=C(NOCc2cccc(C(F)(F)F)c2)CC1. The number of carbonyl (C=O) groups is 1. The number of piperazine rings is 1. The maximum atomic E-state index is 12.8. The van der Waals surface area contributed by atoms with Gasteiger partial charge < -0.3 is 9.80 Å². The Kier molecular flexibility index (Phi) is 8.30. The number of amides is 1. The summed E-state index contributed by atoms with van der Waals surface area (Å²) >= 11 is 0. The zero-order valence-electron chi connectivity index (χ0n) is 19.6. The van der Waals surface area contributed by atoms with Crippen LogP contribution in [0.2, 0.25) is 0 Å². The third-order valence-corrected chi connectivity index (χ3v) is 6.39. The van der Waals surface area contributed by atoms with Crippen LogP contribution in [0.15, 0.2) is 66.4 Å². The van der Waals surface area contributed by atoms with Gasteiger partial charge in [0.2, 0.25) is 5.91 Å². The van der Waals surface area contributed by atoms with Crippen molar-refractivity contribution in [2.24, 2.45) is 0 Å². The summed E-state index contributed by atoms with van der Waals surface area (Å²) in [5.74, 6) is 0.135. The Hall–Kier alpha value is -3.04. The molecule has 0 bridgehead atoms. The fourth-order valence-corrected chi connectivity index (χ4v) is 4.32. The van der Waals surface area contributed by atoms with E-state index in [0.717, 1.165) is 50.6 Å². The smallest absolute Gasteiger partial charge is 0.369 e. The van der Waals surface area contributed by atoms with Gasteiger partial charge in [-0.05, 0) is 35.9 Å². The van der Waals surface area contributed by atoms with Crippen LogP contribution in [-0.2, 0) is 22.4 Å². The van der Waals surface area contributed by atoms with Crippen LogP contribution in [0.5, 0.6) is 0 Å². The Morgan fingerprint density at radius 2 is 1.74 bits per heavy atom.